The molecule has 6 heteroatoms. The van der Waals surface area contributed by atoms with Gasteiger partial charge in [0.15, 0.2) is 11.5 Å². The Morgan fingerprint density at radius 1 is 1.20 bits per heavy atom. The second kappa shape index (κ2) is 8.54. The lowest BCUT2D eigenvalue weighted by Crippen LogP contribution is -2.40. The van der Waals surface area contributed by atoms with E-state index in [0.717, 1.165) is 43.1 Å². The highest BCUT2D eigenvalue weighted by molar-refractivity contribution is 5.78. The highest BCUT2D eigenvalue weighted by Gasteiger charge is 2.22. The van der Waals surface area contributed by atoms with Crippen molar-refractivity contribution >= 4 is 5.91 Å². The fourth-order valence-corrected chi connectivity index (χ4v) is 3.26. The summed E-state index contributed by atoms with van der Waals surface area (Å²) in [7, 11) is 0. The van der Waals surface area contributed by atoms with Crippen LogP contribution in [0, 0.1) is 5.92 Å². The van der Waals surface area contributed by atoms with Gasteiger partial charge in [0.25, 0.3) is 0 Å². The maximum absolute atomic E-state index is 12.3. The van der Waals surface area contributed by atoms with Crippen molar-refractivity contribution in [2.75, 3.05) is 32.9 Å². The minimum atomic E-state index is -0.0622. The molecule has 2 aliphatic heterocycles. The molecule has 2 N–H and O–H groups in total. The van der Waals surface area contributed by atoms with Crippen LogP contribution in [0.25, 0.3) is 0 Å². The van der Waals surface area contributed by atoms with Crippen LogP contribution in [0.3, 0.4) is 0 Å². The Hall–Kier alpha value is -1.79. The van der Waals surface area contributed by atoms with Gasteiger partial charge in [-0.2, -0.15) is 0 Å². The van der Waals surface area contributed by atoms with Gasteiger partial charge in [-0.15, -0.1) is 0 Å². The second-order valence-electron chi connectivity index (χ2n) is 6.96. The van der Waals surface area contributed by atoms with E-state index in [4.69, 9.17) is 14.2 Å². The Kier molecular flexibility index (Phi) is 6.15. The van der Waals surface area contributed by atoms with E-state index in [1.54, 1.807) is 0 Å². The first kappa shape index (κ1) is 18.0. The van der Waals surface area contributed by atoms with Crippen molar-refractivity contribution in [3.8, 4) is 11.5 Å². The molecule has 2 heterocycles. The standard InChI is InChI=1S/C19H28N2O4/c1-13(2)19(14-5-6-16-17(10-14)25-9-8-24-16)21-18(22)12-20-11-15-4-3-7-23-15/h5-6,10,13,15,19-20H,3-4,7-9,11-12H2,1-2H3,(H,21,22). The molecule has 2 atom stereocenters. The highest BCUT2D eigenvalue weighted by atomic mass is 16.6. The van der Waals surface area contributed by atoms with Gasteiger partial charge in [-0.3, -0.25) is 4.79 Å². The van der Waals surface area contributed by atoms with Gasteiger partial charge in [0.1, 0.15) is 13.2 Å². The number of ether oxygens (including phenoxy) is 3. The van der Waals surface area contributed by atoms with Crippen LogP contribution < -0.4 is 20.1 Å². The zero-order valence-electron chi connectivity index (χ0n) is 15.0. The van der Waals surface area contributed by atoms with Gasteiger partial charge >= 0.3 is 0 Å². The average Bonchev–Trinajstić information content (AvgIpc) is 3.12. The summed E-state index contributed by atoms with van der Waals surface area (Å²) in [5.41, 5.74) is 1.03. The van der Waals surface area contributed by atoms with E-state index in [1.165, 1.54) is 0 Å². The Morgan fingerprint density at radius 3 is 2.72 bits per heavy atom. The maximum Gasteiger partial charge on any atom is 0.234 e. The predicted octanol–water partition coefficient (Wildman–Crippen LogP) is 2.04. The van der Waals surface area contributed by atoms with Crippen LogP contribution in [-0.4, -0.2) is 44.9 Å². The number of carbonyl (C=O) groups is 1. The maximum atomic E-state index is 12.3. The number of nitrogens with one attached hydrogen (secondary N) is 2. The molecule has 0 saturated carbocycles. The van der Waals surface area contributed by atoms with Crippen LogP contribution >= 0.6 is 0 Å². The third-order valence-corrected chi connectivity index (χ3v) is 4.59. The summed E-state index contributed by atoms with van der Waals surface area (Å²) in [4.78, 5) is 12.3. The lowest BCUT2D eigenvalue weighted by atomic mass is 9.95. The molecule has 1 aromatic carbocycles. The van der Waals surface area contributed by atoms with E-state index in [0.29, 0.717) is 19.8 Å². The first-order valence-corrected chi connectivity index (χ1v) is 9.14. The lowest BCUT2D eigenvalue weighted by molar-refractivity contribution is -0.121. The van der Waals surface area contributed by atoms with Crippen LogP contribution in [0.15, 0.2) is 18.2 Å². The molecule has 6 nitrogen and oxygen atoms in total. The monoisotopic (exact) mass is 348 g/mol. The summed E-state index contributed by atoms with van der Waals surface area (Å²) < 4.78 is 16.8. The van der Waals surface area contributed by atoms with E-state index in [-0.39, 0.29) is 24.0 Å². The van der Waals surface area contributed by atoms with Gasteiger partial charge in [0.2, 0.25) is 5.91 Å². The molecule has 138 valence electrons. The van der Waals surface area contributed by atoms with E-state index in [1.807, 2.05) is 18.2 Å². The fraction of sp³-hybridized carbons (Fsp3) is 0.632. The highest BCUT2D eigenvalue weighted by Crippen LogP contribution is 2.34. The van der Waals surface area contributed by atoms with Crippen molar-refractivity contribution in [2.45, 2.75) is 38.8 Å². The number of carbonyl (C=O) groups excluding carboxylic acids is 1. The van der Waals surface area contributed by atoms with E-state index in [2.05, 4.69) is 24.5 Å². The Bertz CT molecular complexity index is 585. The third-order valence-electron chi connectivity index (χ3n) is 4.59. The average molecular weight is 348 g/mol. The molecule has 0 spiro atoms. The van der Waals surface area contributed by atoms with Crippen LogP contribution in [0.4, 0.5) is 0 Å². The van der Waals surface area contributed by atoms with E-state index < -0.39 is 0 Å². The third kappa shape index (κ3) is 4.86. The van der Waals surface area contributed by atoms with Crippen LogP contribution in [0.1, 0.15) is 38.3 Å². The van der Waals surface area contributed by atoms with Gasteiger partial charge in [0.05, 0.1) is 18.7 Å². The molecule has 0 bridgehead atoms. The van der Waals surface area contributed by atoms with Crippen LogP contribution in [0.5, 0.6) is 11.5 Å². The molecule has 1 fully saturated rings. The molecular weight excluding hydrogens is 320 g/mol. The number of hydrogen-bond donors (Lipinski definition) is 2. The van der Waals surface area contributed by atoms with Gasteiger partial charge in [0, 0.05) is 13.2 Å². The zero-order chi connectivity index (χ0) is 17.6. The number of rotatable bonds is 7. The second-order valence-corrected chi connectivity index (χ2v) is 6.96. The molecule has 3 rings (SSSR count). The fourth-order valence-electron chi connectivity index (χ4n) is 3.26. The minimum absolute atomic E-state index is 0.00779. The SMILES string of the molecule is CC(C)C(NC(=O)CNCC1CCCO1)c1ccc2c(c1)OCCO2. The van der Waals surface area contributed by atoms with Crippen LogP contribution in [-0.2, 0) is 9.53 Å². The molecule has 2 aliphatic rings. The molecule has 0 aliphatic carbocycles. The van der Waals surface area contributed by atoms with E-state index in [9.17, 15) is 4.79 Å². The summed E-state index contributed by atoms with van der Waals surface area (Å²) in [6.45, 7) is 7.19. The Morgan fingerprint density at radius 2 is 2.00 bits per heavy atom. The van der Waals surface area contributed by atoms with Crippen molar-refractivity contribution in [1.82, 2.24) is 10.6 Å². The van der Waals surface area contributed by atoms with Crippen molar-refractivity contribution < 1.29 is 19.0 Å². The molecule has 2 unspecified atom stereocenters. The first-order valence-electron chi connectivity index (χ1n) is 9.14. The molecule has 0 radical (unpaired) electrons. The lowest BCUT2D eigenvalue weighted by Gasteiger charge is -2.25. The first-order chi connectivity index (χ1) is 12.1. The molecule has 25 heavy (non-hydrogen) atoms. The molecule has 1 saturated heterocycles. The van der Waals surface area contributed by atoms with Crippen molar-refractivity contribution in [2.24, 2.45) is 5.92 Å². The van der Waals surface area contributed by atoms with Crippen LogP contribution in [0.2, 0.25) is 0 Å². The quantitative estimate of drug-likeness (QED) is 0.789. The van der Waals surface area contributed by atoms with Gasteiger partial charge in [-0.05, 0) is 36.5 Å². The predicted molar refractivity (Wildman–Crippen MR) is 95.0 cm³/mol. The zero-order valence-corrected chi connectivity index (χ0v) is 15.0. The Balaban J connectivity index is 1.56. The number of hydrogen-bond acceptors (Lipinski definition) is 5. The Labute approximate surface area is 149 Å². The van der Waals surface area contributed by atoms with Crippen molar-refractivity contribution in [1.29, 1.82) is 0 Å². The largest absolute Gasteiger partial charge is 0.486 e. The van der Waals surface area contributed by atoms with Crippen molar-refractivity contribution in [3.63, 3.8) is 0 Å². The number of fused-ring (bicyclic) bond motifs is 1. The molecular formula is C19H28N2O4. The summed E-state index contributed by atoms with van der Waals surface area (Å²) in [6.07, 6.45) is 2.42. The van der Waals surface area contributed by atoms with Gasteiger partial charge < -0.3 is 24.8 Å². The van der Waals surface area contributed by atoms with E-state index >= 15 is 0 Å². The number of amides is 1. The van der Waals surface area contributed by atoms with Crippen molar-refractivity contribution in [3.05, 3.63) is 23.8 Å². The smallest absolute Gasteiger partial charge is 0.234 e. The molecule has 1 aromatic rings. The number of benzene rings is 1. The summed E-state index contributed by atoms with van der Waals surface area (Å²) in [6, 6.07) is 5.83. The summed E-state index contributed by atoms with van der Waals surface area (Å²) in [5.74, 6) is 1.78. The van der Waals surface area contributed by atoms with Gasteiger partial charge in [-0.1, -0.05) is 19.9 Å². The summed E-state index contributed by atoms with van der Waals surface area (Å²) >= 11 is 0. The normalized spacial score (nSPS) is 20.5. The van der Waals surface area contributed by atoms with Gasteiger partial charge in [-0.25, -0.2) is 0 Å². The molecule has 1 amide bonds. The minimum Gasteiger partial charge on any atom is -0.486 e. The molecule has 0 aromatic heterocycles. The summed E-state index contributed by atoms with van der Waals surface area (Å²) in [5, 5.41) is 6.32. The topological polar surface area (TPSA) is 68.8 Å².